The highest BCUT2D eigenvalue weighted by Gasteiger charge is 2.35. The molecule has 1 saturated heterocycles. The first kappa shape index (κ1) is 22.5. The maximum atomic E-state index is 13.1. The number of carboxylic acids is 1. The molecule has 1 fully saturated rings. The van der Waals surface area contributed by atoms with E-state index in [9.17, 15) is 22.8 Å². The molecule has 2 N–H and O–H groups in total. The molecule has 1 aliphatic rings. The van der Waals surface area contributed by atoms with E-state index in [1.807, 2.05) is 0 Å². The van der Waals surface area contributed by atoms with Crippen molar-refractivity contribution in [2.75, 3.05) is 18.4 Å². The second kappa shape index (κ2) is 8.92. The number of rotatable bonds is 4. The number of piperidine rings is 1. The van der Waals surface area contributed by atoms with Crippen LogP contribution in [0.2, 0.25) is 5.02 Å². The zero-order valence-corrected chi connectivity index (χ0v) is 15.4. The number of amides is 1. The Kier molecular flexibility index (Phi) is 7.73. The number of hydrogen-bond donors (Lipinski definition) is 2. The average molecular weight is 415 g/mol. The van der Waals surface area contributed by atoms with Gasteiger partial charge in [0.05, 0.1) is 23.2 Å². The monoisotopic (exact) mass is 414 g/mol. The van der Waals surface area contributed by atoms with Gasteiger partial charge in [-0.15, -0.1) is 12.4 Å². The largest absolute Gasteiger partial charge is 0.481 e. The maximum absolute atomic E-state index is 13.1. The number of hydrogen-bond acceptors (Lipinski definition) is 3. The maximum Gasteiger partial charge on any atom is 0.418 e. The van der Waals surface area contributed by atoms with Gasteiger partial charge in [0, 0.05) is 11.6 Å². The Morgan fingerprint density at radius 3 is 2.62 bits per heavy atom. The summed E-state index contributed by atoms with van der Waals surface area (Å²) in [5.74, 6) is -2.14. The zero-order valence-electron chi connectivity index (χ0n) is 13.8. The van der Waals surface area contributed by atoms with Gasteiger partial charge in [-0.2, -0.15) is 13.2 Å². The van der Waals surface area contributed by atoms with Crippen LogP contribution in [0.3, 0.4) is 0 Å². The predicted molar refractivity (Wildman–Crippen MR) is 93.7 cm³/mol. The minimum atomic E-state index is -4.66. The van der Waals surface area contributed by atoms with Gasteiger partial charge in [0.15, 0.2) is 0 Å². The number of benzene rings is 1. The van der Waals surface area contributed by atoms with Crippen LogP contribution in [0.4, 0.5) is 18.9 Å². The number of carbonyl (C=O) groups is 2. The summed E-state index contributed by atoms with van der Waals surface area (Å²) in [6.45, 7) is 2.25. The van der Waals surface area contributed by atoms with Crippen molar-refractivity contribution in [3.05, 3.63) is 28.8 Å². The van der Waals surface area contributed by atoms with Crippen LogP contribution >= 0.6 is 24.0 Å². The zero-order chi connectivity index (χ0) is 18.8. The van der Waals surface area contributed by atoms with E-state index >= 15 is 0 Å². The number of likely N-dealkylation sites (tertiary alicyclic amines) is 1. The number of nitrogens with zero attached hydrogens (tertiary/aromatic N) is 1. The van der Waals surface area contributed by atoms with E-state index in [0.29, 0.717) is 19.4 Å². The molecule has 0 aliphatic carbocycles. The molecule has 1 amide bonds. The van der Waals surface area contributed by atoms with E-state index < -0.39 is 35.6 Å². The topological polar surface area (TPSA) is 69.6 Å². The molecule has 146 valence electrons. The van der Waals surface area contributed by atoms with Gasteiger partial charge in [0.25, 0.3) is 0 Å². The van der Waals surface area contributed by atoms with Gasteiger partial charge < -0.3 is 10.4 Å². The summed E-state index contributed by atoms with van der Waals surface area (Å²) in [4.78, 5) is 25.1. The molecule has 10 heteroatoms. The number of nitrogens with one attached hydrogen (secondary N) is 1. The molecule has 5 nitrogen and oxygen atoms in total. The standard InChI is InChI=1S/C16H18ClF3N2O3.ClH/c1-9(22-6-2-3-10(8-22)15(24)25)14(23)21-13-5-4-11(17)7-12(13)16(18,19)20;/h4-5,7,9-10H,2-3,6,8H2,1H3,(H,21,23)(H,24,25);1H. The molecule has 26 heavy (non-hydrogen) atoms. The van der Waals surface area contributed by atoms with Gasteiger partial charge in [-0.3, -0.25) is 14.5 Å². The van der Waals surface area contributed by atoms with Crippen LogP contribution in [0, 0.1) is 5.92 Å². The molecular formula is C16H19Cl2F3N2O3. The van der Waals surface area contributed by atoms with Gasteiger partial charge in [0.1, 0.15) is 0 Å². The smallest absolute Gasteiger partial charge is 0.418 e. The Balaban J connectivity index is 0.00000338. The molecule has 2 unspecified atom stereocenters. The van der Waals surface area contributed by atoms with Gasteiger partial charge in [0.2, 0.25) is 5.91 Å². The Hall–Kier alpha value is -1.51. The van der Waals surface area contributed by atoms with Crippen LogP contribution in [0.15, 0.2) is 18.2 Å². The van der Waals surface area contributed by atoms with Crippen molar-refractivity contribution in [1.82, 2.24) is 4.90 Å². The van der Waals surface area contributed by atoms with E-state index in [1.165, 1.54) is 6.07 Å². The third kappa shape index (κ3) is 5.49. The summed E-state index contributed by atoms with van der Waals surface area (Å²) in [5.41, 5.74) is -1.40. The summed E-state index contributed by atoms with van der Waals surface area (Å²) in [7, 11) is 0. The summed E-state index contributed by atoms with van der Waals surface area (Å²) in [5, 5.41) is 11.3. The Labute approximate surface area is 159 Å². The van der Waals surface area contributed by atoms with Crippen molar-refractivity contribution < 1.29 is 27.9 Å². The van der Waals surface area contributed by atoms with Crippen LogP contribution in [0.1, 0.15) is 25.3 Å². The van der Waals surface area contributed by atoms with Crippen molar-refractivity contribution in [3.8, 4) is 0 Å². The van der Waals surface area contributed by atoms with Gasteiger partial charge >= 0.3 is 12.1 Å². The third-order valence-electron chi connectivity index (χ3n) is 4.27. The number of carbonyl (C=O) groups excluding carboxylic acids is 1. The normalized spacial score (nSPS) is 19.3. The quantitative estimate of drug-likeness (QED) is 0.783. The molecule has 0 radical (unpaired) electrons. The molecule has 1 aromatic rings. The first-order chi connectivity index (χ1) is 11.6. The Morgan fingerprint density at radius 2 is 2.04 bits per heavy atom. The van der Waals surface area contributed by atoms with Crippen molar-refractivity contribution >= 4 is 41.6 Å². The lowest BCUT2D eigenvalue weighted by Gasteiger charge is -2.34. The fourth-order valence-corrected chi connectivity index (χ4v) is 2.99. The summed E-state index contributed by atoms with van der Waals surface area (Å²) in [6.07, 6.45) is -3.52. The number of halogens is 5. The Morgan fingerprint density at radius 1 is 1.38 bits per heavy atom. The van der Waals surface area contributed by atoms with Crippen LogP contribution in [0.25, 0.3) is 0 Å². The number of anilines is 1. The molecule has 0 bridgehead atoms. The van der Waals surface area contributed by atoms with Crippen molar-refractivity contribution in [2.24, 2.45) is 5.92 Å². The highest BCUT2D eigenvalue weighted by Crippen LogP contribution is 2.36. The highest BCUT2D eigenvalue weighted by atomic mass is 35.5. The number of aliphatic carboxylic acids is 1. The molecule has 1 aromatic carbocycles. The Bertz CT molecular complexity index is 671. The van der Waals surface area contributed by atoms with E-state index in [0.717, 1.165) is 12.1 Å². The molecule has 1 heterocycles. The molecule has 2 atom stereocenters. The predicted octanol–water partition coefficient (Wildman–Crippen LogP) is 3.90. The summed E-state index contributed by atoms with van der Waals surface area (Å²) in [6, 6.07) is 2.37. The lowest BCUT2D eigenvalue weighted by atomic mass is 9.97. The van der Waals surface area contributed by atoms with E-state index in [2.05, 4.69) is 5.32 Å². The number of alkyl halides is 3. The first-order valence-corrected chi connectivity index (χ1v) is 8.12. The third-order valence-corrected chi connectivity index (χ3v) is 4.51. The van der Waals surface area contributed by atoms with Crippen molar-refractivity contribution in [1.29, 1.82) is 0 Å². The van der Waals surface area contributed by atoms with Crippen LogP contribution in [-0.4, -0.2) is 41.0 Å². The van der Waals surface area contributed by atoms with Crippen LogP contribution < -0.4 is 5.32 Å². The SMILES string of the molecule is CC(C(=O)Nc1ccc(Cl)cc1C(F)(F)F)N1CCCC(C(=O)O)C1.Cl. The molecular weight excluding hydrogens is 396 g/mol. The molecule has 0 spiro atoms. The molecule has 0 aromatic heterocycles. The van der Waals surface area contributed by atoms with Gasteiger partial charge in [-0.05, 0) is 44.5 Å². The van der Waals surface area contributed by atoms with E-state index in [1.54, 1.807) is 11.8 Å². The fourth-order valence-electron chi connectivity index (χ4n) is 2.82. The molecule has 0 saturated carbocycles. The van der Waals surface area contributed by atoms with Gasteiger partial charge in [-0.1, -0.05) is 11.6 Å². The lowest BCUT2D eigenvalue weighted by Crippen LogP contribution is -2.48. The minimum Gasteiger partial charge on any atom is -0.481 e. The number of carboxylic acid groups (broad SMARTS) is 1. The molecule has 2 rings (SSSR count). The molecule has 1 aliphatic heterocycles. The van der Waals surface area contributed by atoms with Crippen LogP contribution in [-0.2, 0) is 15.8 Å². The average Bonchev–Trinajstić information content (AvgIpc) is 2.54. The van der Waals surface area contributed by atoms with Gasteiger partial charge in [-0.25, -0.2) is 0 Å². The highest BCUT2D eigenvalue weighted by molar-refractivity contribution is 6.30. The van der Waals surface area contributed by atoms with Crippen molar-refractivity contribution in [2.45, 2.75) is 32.0 Å². The fraction of sp³-hybridized carbons (Fsp3) is 0.500. The van der Waals surface area contributed by atoms with Crippen LogP contribution in [0.5, 0.6) is 0 Å². The van der Waals surface area contributed by atoms with E-state index in [-0.39, 0.29) is 29.7 Å². The summed E-state index contributed by atoms with van der Waals surface area (Å²) < 4.78 is 39.3. The second-order valence-corrected chi connectivity index (χ2v) is 6.46. The lowest BCUT2D eigenvalue weighted by molar-refractivity contribution is -0.144. The van der Waals surface area contributed by atoms with Crippen molar-refractivity contribution in [3.63, 3.8) is 0 Å². The first-order valence-electron chi connectivity index (χ1n) is 7.74. The van der Waals surface area contributed by atoms with E-state index in [4.69, 9.17) is 16.7 Å². The minimum absolute atomic E-state index is 0. The second-order valence-electron chi connectivity index (χ2n) is 6.03. The summed E-state index contributed by atoms with van der Waals surface area (Å²) >= 11 is 5.61.